The number of ether oxygens (including phenoxy) is 1. The van der Waals surface area contributed by atoms with Crippen LogP contribution in [0.15, 0.2) is 48.5 Å². The van der Waals surface area contributed by atoms with Gasteiger partial charge in [-0.15, -0.1) is 12.4 Å². The number of nitrogens with one attached hydrogen (secondary N) is 2. The highest BCUT2D eigenvalue weighted by Crippen LogP contribution is 2.24. The van der Waals surface area contributed by atoms with Crippen molar-refractivity contribution < 1.29 is 9.53 Å². The second kappa shape index (κ2) is 9.81. The van der Waals surface area contributed by atoms with Gasteiger partial charge in [0.05, 0.1) is 5.02 Å². The Labute approximate surface area is 165 Å². The fourth-order valence-corrected chi connectivity index (χ4v) is 3.00. The van der Waals surface area contributed by atoms with Gasteiger partial charge in [0.25, 0.3) is 0 Å². The van der Waals surface area contributed by atoms with Crippen molar-refractivity contribution in [2.75, 3.05) is 13.1 Å². The van der Waals surface area contributed by atoms with Gasteiger partial charge < -0.3 is 15.4 Å². The van der Waals surface area contributed by atoms with Crippen molar-refractivity contribution >= 4 is 29.9 Å². The number of carbonyl (C=O) groups is 1. The van der Waals surface area contributed by atoms with Crippen LogP contribution in [0.4, 0.5) is 0 Å². The maximum atomic E-state index is 12.3. The van der Waals surface area contributed by atoms with Crippen LogP contribution in [0.25, 0.3) is 0 Å². The van der Waals surface area contributed by atoms with Gasteiger partial charge >= 0.3 is 0 Å². The Morgan fingerprint density at radius 3 is 2.50 bits per heavy atom. The summed E-state index contributed by atoms with van der Waals surface area (Å²) in [5, 5.41) is 6.85. The van der Waals surface area contributed by atoms with E-state index >= 15 is 0 Å². The quantitative estimate of drug-likeness (QED) is 0.750. The third-order valence-corrected chi connectivity index (χ3v) is 5.04. The molecular formula is C20H24Cl2N2O2. The minimum atomic E-state index is 0. The van der Waals surface area contributed by atoms with Gasteiger partial charge in [-0.25, -0.2) is 0 Å². The number of benzene rings is 2. The number of para-hydroxylation sites is 1. The van der Waals surface area contributed by atoms with Crippen molar-refractivity contribution in [1.82, 2.24) is 10.6 Å². The number of hydrogen-bond acceptors (Lipinski definition) is 3. The van der Waals surface area contributed by atoms with Gasteiger partial charge in [-0.3, -0.25) is 4.79 Å². The van der Waals surface area contributed by atoms with Crippen molar-refractivity contribution in [2.24, 2.45) is 11.8 Å². The minimum absolute atomic E-state index is 0. The Hall–Kier alpha value is -1.75. The van der Waals surface area contributed by atoms with Crippen LogP contribution in [-0.2, 0) is 17.9 Å². The van der Waals surface area contributed by atoms with Gasteiger partial charge in [-0.1, -0.05) is 54.9 Å². The summed E-state index contributed by atoms with van der Waals surface area (Å²) in [5.74, 6) is 1.24. The highest BCUT2D eigenvalue weighted by atomic mass is 35.5. The summed E-state index contributed by atoms with van der Waals surface area (Å²) in [4.78, 5) is 12.3. The molecule has 0 spiro atoms. The normalized spacial score (nSPS) is 14.7. The van der Waals surface area contributed by atoms with E-state index in [0.29, 0.717) is 29.8 Å². The van der Waals surface area contributed by atoms with Crippen LogP contribution in [-0.4, -0.2) is 19.0 Å². The number of amides is 1. The first-order valence-electron chi connectivity index (χ1n) is 8.57. The Morgan fingerprint density at radius 2 is 1.85 bits per heavy atom. The summed E-state index contributed by atoms with van der Waals surface area (Å²) in [6, 6.07) is 15.4. The molecule has 1 unspecified atom stereocenters. The summed E-state index contributed by atoms with van der Waals surface area (Å²) in [5.41, 5.74) is 2.10. The standard InChI is InChI=1S/C20H23ClN2O2.ClH/c1-14(17-10-22-11-17)20(24)23-12-15-6-2-3-7-16(15)13-25-19-9-5-4-8-18(19)21;/h2-9,14,17,22H,10-13H2,1H3,(H,23,24);1H. The number of carbonyl (C=O) groups excluding carboxylic acids is 1. The fourth-order valence-electron chi connectivity index (χ4n) is 2.81. The van der Waals surface area contributed by atoms with E-state index in [4.69, 9.17) is 16.3 Å². The minimum Gasteiger partial charge on any atom is -0.487 e. The molecule has 0 bridgehead atoms. The fraction of sp³-hybridized carbons (Fsp3) is 0.350. The Bertz CT molecular complexity index is 735. The van der Waals surface area contributed by atoms with E-state index in [-0.39, 0.29) is 24.2 Å². The molecule has 6 heteroatoms. The zero-order valence-electron chi connectivity index (χ0n) is 14.7. The molecule has 2 aromatic rings. The van der Waals surface area contributed by atoms with Gasteiger partial charge in [0.1, 0.15) is 12.4 Å². The van der Waals surface area contributed by atoms with Gasteiger partial charge in [-0.2, -0.15) is 0 Å². The maximum Gasteiger partial charge on any atom is 0.223 e. The molecule has 0 aliphatic carbocycles. The van der Waals surface area contributed by atoms with Crippen LogP contribution < -0.4 is 15.4 Å². The van der Waals surface area contributed by atoms with E-state index in [2.05, 4.69) is 10.6 Å². The lowest BCUT2D eigenvalue weighted by Gasteiger charge is -2.31. The van der Waals surface area contributed by atoms with E-state index in [0.717, 1.165) is 24.2 Å². The topological polar surface area (TPSA) is 50.4 Å². The van der Waals surface area contributed by atoms with Crippen LogP contribution in [0.3, 0.4) is 0 Å². The zero-order chi connectivity index (χ0) is 17.6. The summed E-state index contributed by atoms with van der Waals surface area (Å²) in [7, 11) is 0. The van der Waals surface area contributed by atoms with Gasteiger partial charge in [0.15, 0.2) is 0 Å². The summed E-state index contributed by atoms with van der Waals surface area (Å²) >= 11 is 6.13. The van der Waals surface area contributed by atoms with Crippen LogP contribution >= 0.6 is 24.0 Å². The summed E-state index contributed by atoms with van der Waals surface area (Å²) < 4.78 is 5.83. The highest BCUT2D eigenvalue weighted by molar-refractivity contribution is 6.32. The predicted octanol–water partition coefficient (Wildman–Crippen LogP) is 3.81. The van der Waals surface area contributed by atoms with Crippen LogP contribution in [0, 0.1) is 11.8 Å². The molecule has 0 radical (unpaired) electrons. The van der Waals surface area contributed by atoms with Crippen molar-refractivity contribution in [2.45, 2.75) is 20.1 Å². The molecule has 1 atom stereocenters. The number of halogens is 2. The summed E-state index contributed by atoms with van der Waals surface area (Å²) in [6.45, 7) is 4.77. The van der Waals surface area contributed by atoms with E-state index in [1.54, 1.807) is 6.07 Å². The lowest BCUT2D eigenvalue weighted by molar-refractivity contribution is -0.126. The molecule has 1 amide bonds. The molecule has 1 saturated heterocycles. The molecule has 140 valence electrons. The lowest BCUT2D eigenvalue weighted by Crippen LogP contribution is -2.49. The smallest absolute Gasteiger partial charge is 0.223 e. The second-order valence-corrected chi connectivity index (χ2v) is 6.82. The van der Waals surface area contributed by atoms with Crippen molar-refractivity contribution in [3.05, 3.63) is 64.7 Å². The van der Waals surface area contributed by atoms with Gasteiger partial charge in [0, 0.05) is 12.5 Å². The maximum absolute atomic E-state index is 12.3. The molecule has 0 saturated carbocycles. The average molecular weight is 395 g/mol. The van der Waals surface area contributed by atoms with E-state index in [1.807, 2.05) is 49.4 Å². The van der Waals surface area contributed by atoms with Gasteiger partial charge in [-0.05, 0) is 42.3 Å². The van der Waals surface area contributed by atoms with E-state index in [9.17, 15) is 4.79 Å². The third-order valence-electron chi connectivity index (χ3n) is 4.73. The first-order valence-corrected chi connectivity index (χ1v) is 8.95. The van der Waals surface area contributed by atoms with Crippen LogP contribution in [0.1, 0.15) is 18.1 Å². The number of hydrogen-bond donors (Lipinski definition) is 2. The monoisotopic (exact) mass is 394 g/mol. The van der Waals surface area contributed by atoms with Crippen molar-refractivity contribution in [1.29, 1.82) is 0 Å². The molecule has 3 rings (SSSR count). The highest BCUT2D eigenvalue weighted by Gasteiger charge is 2.28. The first kappa shape index (κ1) is 20.6. The molecule has 2 N–H and O–H groups in total. The molecule has 1 heterocycles. The molecule has 1 aliphatic rings. The van der Waals surface area contributed by atoms with Crippen molar-refractivity contribution in [3.63, 3.8) is 0 Å². The molecule has 1 aliphatic heterocycles. The van der Waals surface area contributed by atoms with E-state index < -0.39 is 0 Å². The zero-order valence-corrected chi connectivity index (χ0v) is 16.3. The Balaban J connectivity index is 0.00000243. The predicted molar refractivity (Wildman–Crippen MR) is 107 cm³/mol. The van der Waals surface area contributed by atoms with E-state index in [1.165, 1.54) is 0 Å². The van der Waals surface area contributed by atoms with Gasteiger partial charge in [0.2, 0.25) is 5.91 Å². The molecule has 2 aromatic carbocycles. The summed E-state index contributed by atoms with van der Waals surface area (Å²) in [6.07, 6.45) is 0. The molecule has 4 nitrogen and oxygen atoms in total. The third kappa shape index (κ3) is 5.13. The molecule has 26 heavy (non-hydrogen) atoms. The second-order valence-electron chi connectivity index (χ2n) is 6.41. The van der Waals surface area contributed by atoms with Crippen LogP contribution in [0.5, 0.6) is 5.75 Å². The SMILES string of the molecule is CC(C(=O)NCc1ccccc1COc1ccccc1Cl)C1CNC1.Cl. The van der Waals surface area contributed by atoms with Crippen LogP contribution in [0.2, 0.25) is 5.02 Å². The average Bonchev–Trinajstić information content (AvgIpc) is 2.58. The molecular weight excluding hydrogens is 371 g/mol. The van der Waals surface area contributed by atoms with Crippen molar-refractivity contribution in [3.8, 4) is 5.75 Å². The first-order chi connectivity index (χ1) is 12.1. The number of rotatable bonds is 7. The molecule has 0 aromatic heterocycles. The largest absolute Gasteiger partial charge is 0.487 e. The Kier molecular flexibility index (Phi) is 7.76. The lowest BCUT2D eigenvalue weighted by atomic mass is 9.88. The molecule has 1 fully saturated rings. The Morgan fingerprint density at radius 1 is 1.19 bits per heavy atom.